The van der Waals surface area contributed by atoms with E-state index in [4.69, 9.17) is 5.73 Å². The summed E-state index contributed by atoms with van der Waals surface area (Å²) in [6, 6.07) is 0.213. The molecule has 1 saturated heterocycles. The van der Waals surface area contributed by atoms with Gasteiger partial charge in [-0.25, -0.2) is 0 Å². The normalized spacial score (nSPS) is 39.1. The summed E-state index contributed by atoms with van der Waals surface area (Å²) in [7, 11) is 0. The Morgan fingerprint density at radius 3 is 2.35 bits per heavy atom. The van der Waals surface area contributed by atoms with Crippen LogP contribution in [-0.2, 0) is 4.79 Å². The van der Waals surface area contributed by atoms with Crippen LogP contribution in [0.15, 0.2) is 0 Å². The van der Waals surface area contributed by atoms with Crippen molar-refractivity contribution in [2.24, 2.45) is 23.5 Å². The number of carbonyl (C=O) groups excluding carboxylic acids is 1. The lowest BCUT2D eigenvalue weighted by atomic mass is 9.72. The van der Waals surface area contributed by atoms with E-state index in [2.05, 4.69) is 18.7 Å². The minimum atomic E-state index is 0.180. The standard InChI is InChI=1S/C14H26N2O/c1-10-8-11(2)13(15)9-12(10)14(17)16-6-4-3-5-7-16/h10-13H,3-9,15H2,1-2H3. The van der Waals surface area contributed by atoms with E-state index in [0.29, 0.717) is 17.7 Å². The number of nitrogens with zero attached hydrogens (tertiary/aromatic N) is 1. The van der Waals surface area contributed by atoms with Crippen molar-refractivity contribution in [1.29, 1.82) is 0 Å². The van der Waals surface area contributed by atoms with Crippen molar-refractivity contribution in [3.63, 3.8) is 0 Å². The first kappa shape index (κ1) is 12.9. The maximum atomic E-state index is 12.5. The fourth-order valence-electron chi connectivity index (χ4n) is 3.38. The molecule has 3 nitrogen and oxygen atoms in total. The first-order valence-corrected chi connectivity index (χ1v) is 7.14. The van der Waals surface area contributed by atoms with Crippen LogP contribution in [0.25, 0.3) is 0 Å². The molecule has 2 fully saturated rings. The molecule has 1 amide bonds. The van der Waals surface area contributed by atoms with Gasteiger partial charge in [0.05, 0.1) is 0 Å². The Kier molecular flexibility index (Phi) is 4.08. The number of rotatable bonds is 1. The summed E-state index contributed by atoms with van der Waals surface area (Å²) < 4.78 is 0. The van der Waals surface area contributed by atoms with E-state index in [-0.39, 0.29) is 12.0 Å². The van der Waals surface area contributed by atoms with Gasteiger partial charge in [-0.15, -0.1) is 0 Å². The summed E-state index contributed by atoms with van der Waals surface area (Å²) in [5.41, 5.74) is 6.13. The molecule has 4 atom stereocenters. The van der Waals surface area contributed by atoms with Crippen LogP contribution in [-0.4, -0.2) is 29.9 Å². The van der Waals surface area contributed by atoms with Crippen molar-refractivity contribution in [3.05, 3.63) is 0 Å². The largest absolute Gasteiger partial charge is 0.342 e. The maximum absolute atomic E-state index is 12.5. The highest BCUT2D eigenvalue weighted by molar-refractivity contribution is 5.79. The summed E-state index contributed by atoms with van der Waals surface area (Å²) in [4.78, 5) is 14.6. The Balaban J connectivity index is 1.98. The Hall–Kier alpha value is -0.570. The lowest BCUT2D eigenvalue weighted by Crippen LogP contribution is -2.47. The van der Waals surface area contributed by atoms with Gasteiger partial charge in [0.15, 0.2) is 0 Å². The van der Waals surface area contributed by atoms with Crippen molar-refractivity contribution < 1.29 is 4.79 Å². The number of likely N-dealkylation sites (tertiary alicyclic amines) is 1. The summed E-state index contributed by atoms with van der Waals surface area (Å²) in [5, 5.41) is 0. The van der Waals surface area contributed by atoms with Gasteiger partial charge in [-0.05, 0) is 43.9 Å². The number of hydrogen-bond acceptors (Lipinski definition) is 2. The quantitative estimate of drug-likeness (QED) is 0.759. The molecular weight excluding hydrogens is 212 g/mol. The van der Waals surface area contributed by atoms with E-state index >= 15 is 0 Å². The van der Waals surface area contributed by atoms with Gasteiger partial charge in [-0.3, -0.25) is 4.79 Å². The zero-order valence-electron chi connectivity index (χ0n) is 11.2. The molecule has 2 aliphatic rings. The predicted octanol–water partition coefficient (Wildman–Crippen LogP) is 2.01. The van der Waals surface area contributed by atoms with Gasteiger partial charge in [0, 0.05) is 25.0 Å². The highest BCUT2D eigenvalue weighted by Crippen LogP contribution is 2.34. The zero-order valence-corrected chi connectivity index (χ0v) is 11.2. The molecule has 4 unspecified atom stereocenters. The molecule has 1 aliphatic heterocycles. The highest BCUT2D eigenvalue weighted by atomic mass is 16.2. The summed E-state index contributed by atoms with van der Waals surface area (Å²) >= 11 is 0. The highest BCUT2D eigenvalue weighted by Gasteiger charge is 2.37. The monoisotopic (exact) mass is 238 g/mol. The second-order valence-electron chi connectivity index (χ2n) is 6.08. The molecule has 2 rings (SSSR count). The zero-order chi connectivity index (χ0) is 12.4. The molecule has 2 N–H and O–H groups in total. The number of hydrogen-bond donors (Lipinski definition) is 1. The van der Waals surface area contributed by atoms with Gasteiger partial charge < -0.3 is 10.6 Å². The predicted molar refractivity (Wildman–Crippen MR) is 69.5 cm³/mol. The van der Waals surface area contributed by atoms with Crippen LogP contribution in [0.2, 0.25) is 0 Å². The van der Waals surface area contributed by atoms with Crippen LogP contribution in [0.5, 0.6) is 0 Å². The van der Waals surface area contributed by atoms with Gasteiger partial charge >= 0.3 is 0 Å². The van der Waals surface area contributed by atoms with Gasteiger partial charge in [0.25, 0.3) is 0 Å². The van der Waals surface area contributed by atoms with E-state index in [0.717, 1.165) is 25.9 Å². The van der Waals surface area contributed by atoms with E-state index in [1.807, 2.05) is 0 Å². The first-order valence-electron chi connectivity index (χ1n) is 7.14. The first-order chi connectivity index (χ1) is 8.09. The lowest BCUT2D eigenvalue weighted by Gasteiger charge is -2.39. The molecular formula is C14H26N2O. The fraction of sp³-hybridized carbons (Fsp3) is 0.929. The van der Waals surface area contributed by atoms with Crippen LogP contribution in [0.4, 0.5) is 0 Å². The number of carbonyl (C=O) groups is 1. The van der Waals surface area contributed by atoms with E-state index in [9.17, 15) is 4.79 Å². The molecule has 0 spiro atoms. The summed E-state index contributed by atoms with van der Waals surface area (Å²) in [6.07, 6.45) is 5.62. The summed E-state index contributed by atoms with van der Waals surface area (Å²) in [6.45, 7) is 6.36. The third-order valence-corrected chi connectivity index (χ3v) is 4.67. The van der Waals surface area contributed by atoms with Gasteiger partial charge in [-0.2, -0.15) is 0 Å². The molecule has 1 heterocycles. The lowest BCUT2D eigenvalue weighted by molar-refractivity contribution is -0.139. The van der Waals surface area contributed by atoms with E-state index in [1.54, 1.807) is 0 Å². The van der Waals surface area contributed by atoms with Crippen LogP contribution >= 0.6 is 0 Å². The molecule has 1 saturated carbocycles. The van der Waals surface area contributed by atoms with Crippen molar-refractivity contribution in [2.75, 3.05) is 13.1 Å². The van der Waals surface area contributed by atoms with Crippen molar-refractivity contribution in [2.45, 2.75) is 52.0 Å². The molecule has 0 aromatic heterocycles. The Labute approximate surface area is 105 Å². The van der Waals surface area contributed by atoms with Crippen LogP contribution < -0.4 is 5.73 Å². The van der Waals surface area contributed by atoms with Crippen LogP contribution in [0, 0.1) is 17.8 Å². The topological polar surface area (TPSA) is 46.3 Å². The van der Waals surface area contributed by atoms with Crippen molar-refractivity contribution >= 4 is 5.91 Å². The Morgan fingerprint density at radius 2 is 1.71 bits per heavy atom. The van der Waals surface area contributed by atoms with Gasteiger partial charge in [-0.1, -0.05) is 13.8 Å². The van der Waals surface area contributed by atoms with Gasteiger partial charge in [0.2, 0.25) is 5.91 Å². The molecule has 1 aliphatic carbocycles. The Morgan fingerprint density at radius 1 is 1.06 bits per heavy atom. The smallest absolute Gasteiger partial charge is 0.226 e. The Bertz CT molecular complexity index is 273. The van der Waals surface area contributed by atoms with Crippen molar-refractivity contribution in [1.82, 2.24) is 4.90 Å². The average molecular weight is 238 g/mol. The fourth-order valence-corrected chi connectivity index (χ4v) is 3.38. The molecule has 98 valence electrons. The van der Waals surface area contributed by atoms with Crippen LogP contribution in [0.1, 0.15) is 46.0 Å². The number of nitrogens with two attached hydrogens (primary N) is 1. The number of amides is 1. The molecule has 0 aromatic carbocycles. The third-order valence-electron chi connectivity index (χ3n) is 4.67. The van der Waals surface area contributed by atoms with Crippen molar-refractivity contribution in [3.8, 4) is 0 Å². The SMILES string of the molecule is CC1CC(C)C(C(=O)N2CCCCC2)CC1N. The van der Waals surface area contributed by atoms with Crippen LogP contribution in [0.3, 0.4) is 0 Å². The molecule has 0 radical (unpaired) electrons. The molecule has 3 heteroatoms. The van der Waals surface area contributed by atoms with Gasteiger partial charge in [0.1, 0.15) is 0 Å². The minimum absolute atomic E-state index is 0.180. The second-order valence-corrected chi connectivity index (χ2v) is 6.08. The molecule has 0 aromatic rings. The molecule has 0 bridgehead atoms. The molecule has 17 heavy (non-hydrogen) atoms. The minimum Gasteiger partial charge on any atom is -0.342 e. The average Bonchev–Trinajstić information content (AvgIpc) is 2.34. The summed E-state index contributed by atoms with van der Waals surface area (Å²) in [5.74, 6) is 1.62. The third kappa shape index (κ3) is 2.82. The second kappa shape index (κ2) is 5.38. The van der Waals surface area contributed by atoms with E-state index < -0.39 is 0 Å². The number of piperidine rings is 1. The maximum Gasteiger partial charge on any atom is 0.226 e. The van der Waals surface area contributed by atoms with E-state index in [1.165, 1.54) is 19.3 Å².